The number of benzene rings is 2. The van der Waals surface area contributed by atoms with Crippen LogP contribution in [0.5, 0.6) is 5.75 Å². The van der Waals surface area contributed by atoms with Gasteiger partial charge < -0.3 is 10.1 Å². The molecule has 170 valence electrons. The van der Waals surface area contributed by atoms with Crippen molar-refractivity contribution in [3.8, 4) is 11.4 Å². The lowest BCUT2D eigenvalue weighted by atomic mass is 10.1. The molecule has 4 rings (SSSR count). The molecule has 0 saturated heterocycles. The molecule has 0 radical (unpaired) electrons. The summed E-state index contributed by atoms with van der Waals surface area (Å²) < 4.78 is 8.37. The third kappa shape index (κ3) is 4.63. The number of aryl methyl sites for hydroxylation is 2. The van der Waals surface area contributed by atoms with Crippen molar-refractivity contribution in [3.05, 3.63) is 76.3 Å². The third-order valence-corrected chi connectivity index (χ3v) is 6.65. The van der Waals surface area contributed by atoms with E-state index in [1.807, 2.05) is 57.2 Å². The van der Waals surface area contributed by atoms with Crippen LogP contribution in [0, 0.1) is 13.8 Å². The summed E-state index contributed by atoms with van der Waals surface area (Å²) in [5, 5.41) is 11.4. The second kappa shape index (κ2) is 9.50. The fraction of sp³-hybridized carbons (Fsp3) is 0.250. The summed E-state index contributed by atoms with van der Waals surface area (Å²) in [5.74, 6) is 0.537. The number of nitrogens with zero attached hydrogens (tertiary/aromatic N) is 4. The van der Waals surface area contributed by atoms with Crippen molar-refractivity contribution in [1.29, 1.82) is 0 Å². The number of carbonyl (C=O) groups is 1. The van der Waals surface area contributed by atoms with Crippen molar-refractivity contribution in [3.63, 3.8) is 0 Å². The van der Waals surface area contributed by atoms with Crippen molar-refractivity contribution in [2.75, 3.05) is 12.4 Å². The minimum Gasteiger partial charge on any atom is -0.497 e. The zero-order chi connectivity index (χ0) is 23.5. The highest BCUT2D eigenvalue weighted by atomic mass is 32.2. The van der Waals surface area contributed by atoms with E-state index in [9.17, 15) is 9.59 Å². The van der Waals surface area contributed by atoms with E-state index in [1.165, 1.54) is 16.3 Å². The first kappa shape index (κ1) is 22.6. The number of aromatic nitrogens is 4. The molecule has 33 heavy (non-hydrogen) atoms. The van der Waals surface area contributed by atoms with Crippen molar-refractivity contribution in [2.24, 2.45) is 0 Å². The van der Waals surface area contributed by atoms with Gasteiger partial charge in [-0.15, -0.1) is 10.2 Å². The first-order chi connectivity index (χ1) is 15.9. The van der Waals surface area contributed by atoms with Gasteiger partial charge in [-0.25, -0.2) is 0 Å². The Kier molecular flexibility index (Phi) is 6.50. The predicted octanol–water partition coefficient (Wildman–Crippen LogP) is 4.02. The molecule has 1 amide bonds. The average molecular weight is 464 g/mol. The number of ether oxygens (including phenoxy) is 1. The van der Waals surface area contributed by atoms with Crippen LogP contribution < -0.4 is 15.6 Å². The molecule has 0 unspecified atom stereocenters. The number of anilines is 1. The summed E-state index contributed by atoms with van der Waals surface area (Å²) in [6.07, 6.45) is 3.99. The molecule has 8 nitrogen and oxygen atoms in total. The Morgan fingerprint density at radius 2 is 1.97 bits per heavy atom. The Morgan fingerprint density at radius 3 is 2.73 bits per heavy atom. The summed E-state index contributed by atoms with van der Waals surface area (Å²) >= 11 is 1.29. The van der Waals surface area contributed by atoms with Gasteiger partial charge in [-0.3, -0.25) is 18.6 Å². The molecule has 1 N–H and O–H groups in total. The van der Waals surface area contributed by atoms with E-state index in [2.05, 4.69) is 15.5 Å². The molecule has 2 heterocycles. The standard InChI is InChI=1S/C24H25N5O3S/c1-5-20(22(30)25-19-13-15(2)9-10-16(19)3)33-24-27-26-21-23(31)28(11-12-29(21)24)17-7-6-8-18(14-17)32-4/h6-14,20H,5H2,1-4H3,(H,25,30)/t20-/m0/s1. The number of fused-ring (bicyclic) bond motifs is 1. The molecule has 0 saturated carbocycles. The largest absolute Gasteiger partial charge is 0.497 e. The van der Waals surface area contributed by atoms with Crippen LogP contribution >= 0.6 is 11.8 Å². The highest BCUT2D eigenvalue weighted by Crippen LogP contribution is 2.26. The first-order valence-electron chi connectivity index (χ1n) is 10.6. The molecule has 0 aliphatic carbocycles. The number of hydrogen-bond donors (Lipinski definition) is 1. The van der Waals surface area contributed by atoms with Crippen LogP contribution in [-0.4, -0.2) is 37.4 Å². The van der Waals surface area contributed by atoms with Crippen molar-refractivity contribution < 1.29 is 9.53 Å². The van der Waals surface area contributed by atoms with Gasteiger partial charge in [0.15, 0.2) is 5.16 Å². The lowest BCUT2D eigenvalue weighted by molar-refractivity contribution is -0.115. The Hall–Kier alpha value is -3.59. The molecule has 0 spiro atoms. The lowest BCUT2D eigenvalue weighted by Crippen LogP contribution is -2.25. The maximum Gasteiger partial charge on any atom is 0.300 e. The van der Waals surface area contributed by atoms with Gasteiger partial charge >= 0.3 is 5.56 Å². The van der Waals surface area contributed by atoms with Gasteiger partial charge in [0.25, 0.3) is 0 Å². The molecule has 9 heteroatoms. The average Bonchev–Trinajstić information content (AvgIpc) is 3.23. The quantitative estimate of drug-likeness (QED) is 0.417. The van der Waals surface area contributed by atoms with E-state index < -0.39 is 5.25 Å². The van der Waals surface area contributed by atoms with Crippen LogP contribution in [0.1, 0.15) is 24.5 Å². The van der Waals surface area contributed by atoms with E-state index in [1.54, 1.807) is 30.0 Å². The number of carbonyl (C=O) groups excluding carboxylic acids is 1. The van der Waals surface area contributed by atoms with E-state index in [0.717, 1.165) is 16.8 Å². The number of rotatable bonds is 7. The zero-order valence-electron chi connectivity index (χ0n) is 18.9. The minimum atomic E-state index is -0.391. The van der Waals surface area contributed by atoms with Crippen LogP contribution in [0.4, 0.5) is 5.69 Å². The molecule has 0 aliphatic rings. The van der Waals surface area contributed by atoms with Gasteiger partial charge in [-0.2, -0.15) is 0 Å². The third-order valence-electron chi connectivity index (χ3n) is 5.33. The number of thioether (sulfide) groups is 1. The second-order valence-corrected chi connectivity index (χ2v) is 8.84. The highest BCUT2D eigenvalue weighted by molar-refractivity contribution is 8.00. The zero-order valence-corrected chi connectivity index (χ0v) is 19.7. The molecule has 0 fully saturated rings. The van der Waals surface area contributed by atoms with Crippen molar-refractivity contribution in [2.45, 2.75) is 37.6 Å². The number of methoxy groups -OCH3 is 1. The fourth-order valence-corrected chi connectivity index (χ4v) is 4.38. The van der Waals surface area contributed by atoms with Gasteiger partial charge in [-0.05, 0) is 49.6 Å². The number of amides is 1. The number of hydrogen-bond acceptors (Lipinski definition) is 6. The Labute approximate surface area is 195 Å². The first-order valence-corrected chi connectivity index (χ1v) is 11.4. The van der Waals surface area contributed by atoms with Crippen LogP contribution in [0.2, 0.25) is 0 Å². The second-order valence-electron chi connectivity index (χ2n) is 7.67. The van der Waals surface area contributed by atoms with E-state index in [4.69, 9.17) is 4.74 Å². The van der Waals surface area contributed by atoms with Gasteiger partial charge in [0.05, 0.1) is 18.0 Å². The maximum atomic E-state index is 13.1. The highest BCUT2D eigenvalue weighted by Gasteiger charge is 2.22. The fourth-order valence-electron chi connectivity index (χ4n) is 3.44. The Bertz CT molecular complexity index is 1380. The summed E-state index contributed by atoms with van der Waals surface area (Å²) in [7, 11) is 1.58. The lowest BCUT2D eigenvalue weighted by Gasteiger charge is -2.15. The van der Waals surface area contributed by atoms with Crippen LogP contribution in [0.15, 0.2) is 64.8 Å². The normalized spacial score (nSPS) is 12.0. The summed E-state index contributed by atoms with van der Waals surface area (Å²) in [6.45, 7) is 5.89. The van der Waals surface area contributed by atoms with Crippen molar-refractivity contribution >= 4 is 29.0 Å². The number of nitrogens with one attached hydrogen (secondary N) is 1. The van der Waals surface area contributed by atoms with E-state index in [-0.39, 0.29) is 17.1 Å². The molecular formula is C24H25N5O3S. The van der Waals surface area contributed by atoms with Crippen LogP contribution in [0.3, 0.4) is 0 Å². The van der Waals surface area contributed by atoms with Gasteiger partial charge in [0.2, 0.25) is 11.6 Å². The molecule has 2 aromatic heterocycles. The SMILES string of the molecule is CC[C@H](Sc1nnc2c(=O)n(-c3cccc(OC)c3)ccn12)C(=O)Nc1cc(C)ccc1C. The van der Waals surface area contributed by atoms with Gasteiger partial charge in [0.1, 0.15) is 5.75 Å². The molecule has 4 aromatic rings. The molecule has 2 aromatic carbocycles. The van der Waals surface area contributed by atoms with Gasteiger partial charge in [-0.1, -0.05) is 36.9 Å². The van der Waals surface area contributed by atoms with Crippen LogP contribution in [-0.2, 0) is 4.79 Å². The van der Waals surface area contributed by atoms with E-state index >= 15 is 0 Å². The maximum absolute atomic E-state index is 13.1. The van der Waals surface area contributed by atoms with Crippen LogP contribution in [0.25, 0.3) is 11.3 Å². The monoisotopic (exact) mass is 463 g/mol. The minimum absolute atomic E-state index is 0.113. The molecular weight excluding hydrogens is 438 g/mol. The summed E-state index contributed by atoms with van der Waals surface area (Å²) in [6, 6.07) is 13.2. The molecule has 1 atom stereocenters. The summed E-state index contributed by atoms with van der Waals surface area (Å²) in [5.41, 5.74) is 3.42. The molecule has 0 aliphatic heterocycles. The predicted molar refractivity (Wildman–Crippen MR) is 130 cm³/mol. The van der Waals surface area contributed by atoms with Gasteiger partial charge in [0, 0.05) is 24.1 Å². The summed E-state index contributed by atoms with van der Waals surface area (Å²) in [4.78, 5) is 26.0. The Balaban J connectivity index is 1.60. The Morgan fingerprint density at radius 1 is 1.15 bits per heavy atom. The topological polar surface area (TPSA) is 90.5 Å². The smallest absolute Gasteiger partial charge is 0.300 e. The molecule has 0 bridgehead atoms. The van der Waals surface area contributed by atoms with Crippen molar-refractivity contribution in [1.82, 2.24) is 19.2 Å². The van der Waals surface area contributed by atoms with E-state index in [0.29, 0.717) is 23.0 Å².